The van der Waals surface area contributed by atoms with Gasteiger partial charge in [-0.05, 0) is 53.9 Å². The van der Waals surface area contributed by atoms with Crippen LogP contribution in [0.5, 0.6) is 0 Å². The molecule has 0 aliphatic carbocycles. The number of sulfonamides is 1. The molecule has 0 fully saturated rings. The molecule has 1 atom stereocenters. The Labute approximate surface area is 279 Å². The number of nitrogens with one attached hydrogen (secondary N) is 1. The molecule has 0 saturated carbocycles. The van der Waals surface area contributed by atoms with Gasteiger partial charge in [0, 0.05) is 40.1 Å². The number of carbonyl (C=O) groups excluding carboxylic acids is 2. The second-order valence-corrected chi connectivity index (χ2v) is 14.0. The molecular weight excluding hydrogens is 653 g/mol. The number of anilines is 1. The number of hydrogen-bond donors (Lipinski definition) is 1. The molecule has 0 aliphatic heterocycles. The summed E-state index contributed by atoms with van der Waals surface area (Å²) in [5.41, 5.74) is 1.44. The van der Waals surface area contributed by atoms with Gasteiger partial charge in [-0.15, -0.1) is 0 Å². The normalized spacial score (nSPS) is 12.0. The average Bonchev–Trinajstić information content (AvgIpc) is 3.02. The van der Waals surface area contributed by atoms with Crippen LogP contribution in [0.2, 0.25) is 15.1 Å². The van der Waals surface area contributed by atoms with Crippen LogP contribution in [0.3, 0.4) is 0 Å². The first-order valence-corrected chi connectivity index (χ1v) is 16.9. The highest BCUT2D eigenvalue weighted by Crippen LogP contribution is 2.30. The maximum Gasteiger partial charge on any atom is 0.264 e. The molecule has 236 valence electrons. The number of hydrogen-bond acceptors (Lipinski definition) is 4. The molecule has 7 nitrogen and oxygen atoms in total. The summed E-state index contributed by atoms with van der Waals surface area (Å²) in [6.45, 7) is 3.56. The third-order valence-corrected chi connectivity index (χ3v) is 9.78. The molecule has 4 aromatic rings. The zero-order chi connectivity index (χ0) is 32.6. The minimum Gasteiger partial charge on any atom is -0.354 e. The highest BCUT2D eigenvalue weighted by molar-refractivity contribution is 7.92. The zero-order valence-corrected chi connectivity index (χ0v) is 28.0. The van der Waals surface area contributed by atoms with E-state index in [-0.39, 0.29) is 35.4 Å². The maximum atomic E-state index is 14.5. The summed E-state index contributed by atoms with van der Waals surface area (Å²) in [5.74, 6) is -0.863. The van der Waals surface area contributed by atoms with Gasteiger partial charge in [0.1, 0.15) is 12.6 Å². The molecule has 0 aliphatic rings. The summed E-state index contributed by atoms with van der Waals surface area (Å²) in [4.78, 5) is 29.7. The van der Waals surface area contributed by atoms with E-state index in [0.29, 0.717) is 27.2 Å². The van der Waals surface area contributed by atoms with E-state index in [2.05, 4.69) is 5.32 Å². The molecule has 4 aromatic carbocycles. The smallest absolute Gasteiger partial charge is 0.264 e. The molecule has 0 bridgehead atoms. The fraction of sp³-hybridized carbons (Fsp3) is 0.235. The monoisotopic (exact) mass is 685 g/mol. The molecule has 0 saturated heterocycles. The van der Waals surface area contributed by atoms with Crippen molar-refractivity contribution in [2.45, 2.75) is 37.8 Å². The van der Waals surface area contributed by atoms with Crippen molar-refractivity contribution in [2.24, 2.45) is 5.92 Å². The Hall–Kier alpha value is -3.56. The third kappa shape index (κ3) is 9.01. The van der Waals surface area contributed by atoms with Crippen molar-refractivity contribution >= 4 is 62.3 Å². The lowest BCUT2D eigenvalue weighted by Gasteiger charge is -2.34. The molecule has 0 radical (unpaired) electrons. The van der Waals surface area contributed by atoms with Gasteiger partial charge in [0.05, 0.1) is 10.6 Å². The van der Waals surface area contributed by atoms with Crippen molar-refractivity contribution in [2.75, 3.05) is 17.4 Å². The summed E-state index contributed by atoms with van der Waals surface area (Å²) in [5, 5.41) is 3.87. The van der Waals surface area contributed by atoms with Gasteiger partial charge in [-0.3, -0.25) is 13.9 Å². The Kier molecular flexibility index (Phi) is 11.9. The molecule has 11 heteroatoms. The van der Waals surface area contributed by atoms with Crippen molar-refractivity contribution in [3.05, 3.63) is 129 Å². The molecule has 0 spiro atoms. The summed E-state index contributed by atoms with van der Waals surface area (Å²) in [6.07, 6.45) is 0.168. The molecule has 2 amide bonds. The lowest BCUT2D eigenvalue weighted by Crippen LogP contribution is -2.53. The summed E-state index contributed by atoms with van der Waals surface area (Å²) < 4.78 is 29.1. The molecule has 1 unspecified atom stereocenters. The predicted octanol–water partition coefficient (Wildman–Crippen LogP) is 7.25. The first-order chi connectivity index (χ1) is 21.5. The van der Waals surface area contributed by atoms with Crippen LogP contribution >= 0.6 is 34.8 Å². The van der Waals surface area contributed by atoms with Gasteiger partial charge in [-0.2, -0.15) is 0 Å². The van der Waals surface area contributed by atoms with E-state index >= 15 is 0 Å². The fourth-order valence-corrected chi connectivity index (χ4v) is 6.84. The molecule has 1 N–H and O–H groups in total. The highest BCUT2D eigenvalue weighted by atomic mass is 35.5. The Morgan fingerprint density at radius 3 is 2.00 bits per heavy atom. The van der Waals surface area contributed by atoms with E-state index in [4.69, 9.17) is 34.8 Å². The lowest BCUT2D eigenvalue weighted by molar-refractivity contribution is -0.140. The van der Waals surface area contributed by atoms with E-state index < -0.39 is 28.5 Å². The van der Waals surface area contributed by atoms with Gasteiger partial charge in [0.15, 0.2) is 0 Å². The van der Waals surface area contributed by atoms with Crippen molar-refractivity contribution in [1.29, 1.82) is 0 Å². The topological polar surface area (TPSA) is 86.8 Å². The van der Waals surface area contributed by atoms with Crippen LogP contribution in [0, 0.1) is 5.92 Å². The molecule has 0 heterocycles. The maximum absolute atomic E-state index is 14.5. The second kappa shape index (κ2) is 15.6. The van der Waals surface area contributed by atoms with Crippen LogP contribution in [0.25, 0.3) is 0 Å². The van der Waals surface area contributed by atoms with Gasteiger partial charge in [-0.25, -0.2) is 8.42 Å². The minimum atomic E-state index is -4.24. The minimum absolute atomic E-state index is 0.00557. The number of nitrogens with zero attached hydrogens (tertiary/aromatic N) is 2. The Morgan fingerprint density at radius 2 is 1.40 bits per heavy atom. The highest BCUT2D eigenvalue weighted by Gasteiger charge is 2.35. The van der Waals surface area contributed by atoms with Gasteiger partial charge in [0.2, 0.25) is 11.8 Å². The van der Waals surface area contributed by atoms with Crippen LogP contribution < -0.4 is 9.62 Å². The van der Waals surface area contributed by atoms with Gasteiger partial charge in [-0.1, -0.05) is 109 Å². The Morgan fingerprint density at radius 1 is 0.800 bits per heavy atom. The van der Waals surface area contributed by atoms with E-state index in [1.807, 2.05) is 44.2 Å². The average molecular weight is 687 g/mol. The lowest BCUT2D eigenvalue weighted by atomic mass is 10.0. The predicted molar refractivity (Wildman–Crippen MR) is 181 cm³/mol. The standard InChI is InChI=1S/C34H34Cl3N3O4S/c1-24(2)21-38-34(42)32(19-25-11-5-3-6-12-25)39(22-29-30(36)17-10-18-31(29)37)33(41)23-40(27-14-9-13-26(35)20-27)45(43,44)28-15-7-4-8-16-28/h3-18,20,24,32H,19,21-23H2,1-2H3,(H,38,42). The van der Waals surface area contributed by atoms with E-state index in [1.165, 1.54) is 23.1 Å². The number of benzene rings is 4. The molecule has 45 heavy (non-hydrogen) atoms. The fourth-order valence-electron chi connectivity index (χ4n) is 4.71. The van der Waals surface area contributed by atoms with Crippen LogP contribution in [-0.2, 0) is 32.6 Å². The first-order valence-electron chi connectivity index (χ1n) is 14.3. The van der Waals surface area contributed by atoms with Crippen LogP contribution in [0.4, 0.5) is 5.69 Å². The molecule has 4 rings (SSSR count). The molecule has 0 aromatic heterocycles. The van der Waals surface area contributed by atoms with Crippen molar-refractivity contribution < 1.29 is 18.0 Å². The molecular formula is C34H34Cl3N3O4S. The largest absolute Gasteiger partial charge is 0.354 e. The van der Waals surface area contributed by atoms with E-state index in [0.717, 1.165) is 9.87 Å². The zero-order valence-electron chi connectivity index (χ0n) is 24.9. The number of rotatable bonds is 13. The third-order valence-electron chi connectivity index (χ3n) is 7.05. The van der Waals surface area contributed by atoms with Crippen molar-refractivity contribution in [3.63, 3.8) is 0 Å². The number of halogens is 3. The van der Waals surface area contributed by atoms with Crippen LogP contribution in [-0.4, -0.2) is 44.3 Å². The Balaban J connectivity index is 1.83. The second-order valence-electron chi connectivity index (χ2n) is 10.9. The van der Waals surface area contributed by atoms with Crippen molar-refractivity contribution in [3.8, 4) is 0 Å². The van der Waals surface area contributed by atoms with Crippen LogP contribution in [0.1, 0.15) is 25.0 Å². The summed E-state index contributed by atoms with van der Waals surface area (Å²) >= 11 is 19.4. The van der Waals surface area contributed by atoms with Gasteiger partial charge < -0.3 is 10.2 Å². The van der Waals surface area contributed by atoms with Crippen molar-refractivity contribution in [1.82, 2.24) is 10.2 Å². The van der Waals surface area contributed by atoms with Gasteiger partial charge >= 0.3 is 0 Å². The quantitative estimate of drug-likeness (QED) is 0.161. The number of amides is 2. The Bertz CT molecular complexity index is 1700. The van der Waals surface area contributed by atoms with E-state index in [9.17, 15) is 18.0 Å². The summed E-state index contributed by atoms with van der Waals surface area (Å²) in [6, 6.07) is 27.3. The summed E-state index contributed by atoms with van der Waals surface area (Å²) in [7, 11) is -4.24. The number of carbonyl (C=O) groups is 2. The first kappa shape index (κ1) is 34.3. The van der Waals surface area contributed by atoms with Gasteiger partial charge in [0.25, 0.3) is 10.0 Å². The van der Waals surface area contributed by atoms with Crippen LogP contribution in [0.15, 0.2) is 108 Å². The SMILES string of the molecule is CC(C)CNC(=O)C(Cc1ccccc1)N(Cc1c(Cl)cccc1Cl)C(=O)CN(c1cccc(Cl)c1)S(=O)(=O)c1ccccc1. The van der Waals surface area contributed by atoms with E-state index in [1.54, 1.807) is 54.6 Å².